The number of rotatable bonds is 4. The minimum absolute atomic E-state index is 0.107. The molecule has 1 aromatic carbocycles. The van der Waals surface area contributed by atoms with E-state index in [1.54, 1.807) is 12.1 Å². The quantitative estimate of drug-likeness (QED) is 0.902. The third-order valence-corrected chi connectivity index (χ3v) is 3.11. The van der Waals surface area contributed by atoms with Gasteiger partial charge in [-0.05, 0) is 17.7 Å². The lowest BCUT2D eigenvalue weighted by molar-refractivity contribution is -0.0864. The fourth-order valence-electron chi connectivity index (χ4n) is 1.78. The highest BCUT2D eigenvalue weighted by Gasteiger charge is 2.13. The summed E-state index contributed by atoms with van der Waals surface area (Å²) in [5.74, 6) is 0. The standard InChI is InChI=1S/C13H15ClN2O2/c14-13-5-10(6-15)1-2-11(13)7-16-8-12-9-17-3-4-18-12/h1-2,5,12,16H,3-4,7-9H2. The molecule has 4 nitrogen and oxygen atoms in total. The lowest BCUT2D eigenvalue weighted by Crippen LogP contribution is -2.37. The van der Waals surface area contributed by atoms with Crippen LogP contribution in [0.2, 0.25) is 5.02 Å². The Balaban J connectivity index is 1.81. The Hall–Kier alpha value is -1.12. The second-order valence-electron chi connectivity index (χ2n) is 4.12. The van der Waals surface area contributed by atoms with Crippen molar-refractivity contribution in [2.45, 2.75) is 12.6 Å². The maximum absolute atomic E-state index is 8.74. The molecule has 18 heavy (non-hydrogen) atoms. The summed E-state index contributed by atoms with van der Waals surface area (Å²) < 4.78 is 10.8. The SMILES string of the molecule is N#Cc1ccc(CNCC2COCCO2)c(Cl)c1. The predicted molar refractivity (Wildman–Crippen MR) is 68.4 cm³/mol. The van der Waals surface area contributed by atoms with E-state index in [1.807, 2.05) is 6.07 Å². The van der Waals surface area contributed by atoms with Crippen molar-refractivity contribution in [1.82, 2.24) is 5.32 Å². The van der Waals surface area contributed by atoms with E-state index in [1.165, 1.54) is 0 Å². The predicted octanol–water partition coefficient (Wildman–Crippen LogP) is 1.72. The van der Waals surface area contributed by atoms with Gasteiger partial charge in [0.15, 0.2) is 0 Å². The Labute approximate surface area is 111 Å². The zero-order chi connectivity index (χ0) is 12.8. The van der Waals surface area contributed by atoms with Crippen LogP contribution in [-0.4, -0.2) is 32.5 Å². The van der Waals surface area contributed by atoms with E-state index in [9.17, 15) is 0 Å². The number of ether oxygens (including phenoxy) is 2. The monoisotopic (exact) mass is 266 g/mol. The van der Waals surface area contributed by atoms with E-state index in [4.69, 9.17) is 26.3 Å². The molecule has 0 bridgehead atoms. The minimum Gasteiger partial charge on any atom is -0.376 e. The lowest BCUT2D eigenvalue weighted by Gasteiger charge is -2.23. The number of nitriles is 1. The highest BCUT2D eigenvalue weighted by atomic mass is 35.5. The van der Waals surface area contributed by atoms with Crippen LogP contribution in [0, 0.1) is 11.3 Å². The van der Waals surface area contributed by atoms with Crippen molar-refractivity contribution in [3.05, 3.63) is 34.3 Å². The third kappa shape index (κ3) is 3.69. The minimum atomic E-state index is 0.107. The molecule has 1 fully saturated rings. The van der Waals surface area contributed by atoms with Crippen LogP contribution in [0.5, 0.6) is 0 Å². The van der Waals surface area contributed by atoms with E-state index in [0.717, 1.165) is 12.1 Å². The van der Waals surface area contributed by atoms with Gasteiger partial charge in [-0.1, -0.05) is 17.7 Å². The molecule has 1 heterocycles. The van der Waals surface area contributed by atoms with Crippen molar-refractivity contribution in [3.63, 3.8) is 0 Å². The third-order valence-electron chi connectivity index (χ3n) is 2.75. The molecule has 96 valence electrons. The molecule has 1 aliphatic heterocycles. The van der Waals surface area contributed by atoms with Gasteiger partial charge in [-0.2, -0.15) is 5.26 Å². The Morgan fingerprint density at radius 2 is 2.33 bits per heavy atom. The molecule has 1 aromatic rings. The van der Waals surface area contributed by atoms with Crippen LogP contribution in [0.4, 0.5) is 0 Å². The first kappa shape index (κ1) is 13.3. The van der Waals surface area contributed by atoms with Crippen LogP contribution in [0.1, 0.15) is 11.1 Å². The van der Waals surface area contributed by atoms with Gasteiger partial charge in [0, 0.05) is 18.1 Å². The first-order chi connectivity index (χ1) is 8.79. The molecule has 0 aromatic heterocycles. The summed E-state index contributed by atoms with van der Waals surface area (Å²) in [6.07, 6.45) is 0.107. The molecule has 1 aliphatic rings. The molecular weight excluding hydrogens is 252 g/mol. The van der Waals surface area contributed by atoms with Gasteiger partial charge in [0.2, 0.25) is 0 Å². The molecule has 1 unspecified atom stereocenters. The highest BCUT2D eigenvalue weighted by molar-refractivity contribution is 6.31. The van der Waals surface area contributed by atoms with Gasteiger partial charge >= 0.3 is 0 Å². The first-order valence-corrected chi connectivity index (χ1v) is 6.26. The maximum atomic E-state index is 8.74. The van der Waals surface area contributed by atoms with Crippen LogP contribution in [-0.2, 0) is 16.0 Å². The summed E-state index contributed by atoms with van der Waals surface area (Å²) in [6.45, 7) is 3.36. The van der Waals surface area contributed by atoms with E-state index < -0.39 is 0 Å². The highest BCUT2D eigenvalue weighted by Crippen LogP contribution is 2.17. The van der Waals surface area contributed by atoms with Crippen LogP contribution >= 0.6 is 11.6 Å². The summed E-state index contributed by atoms with van der Waals surface area (Å²) in [7, 11) is 0. The molecule has 1 N–H and O–H groups in total. The molecule has 2 rings (SSSR count). The van der Waals surface area contributed by atoms with Crippen LogP contribution in [0.25, 0.3) is 0 Å². The average molecular weight is 267 g/mol. The smallest absolute Gasteiger partial charge is 0.0992 e. The Morgan fingerprint density at radius 1 is 1.44 bits per heavy atom. The van der Waals surface area contributed by atoms with Gasteiger partial charge in [0.1, 0.15) is 0 Å². The second-order valence-corrected chi connectivity index (χ2v) is 4.52. The Bertz CT molecular complexity index is 439. The average Bonchev–Trinajstić information content (AvgIpc) is 2.42. The van der Waals surface area contributed by atoms with Gasteiger partial charge in [0.05, 0.1) is 37.6 Å². The van der Waals surface area contributed by atoms with Crippen molar-refractivity contribution in [1.29, 1.82) is 5.26 Å². The van der Waals surface area contributed by atoms with Crippen molar-refractivity contribution in [2.75, 3.05) is 26.4 Å². The second kappa shape index (κ2) is 6.72. The molecule has 0 radical (unpaired) electrons. The summed E-state index contributed by atoms with van der Waals surface area (Å²) >= 11 is 6.08. The van der Waals surface area contributed by atoms with Crippen molar-refractivity contribution < 1.29 is 9.47 Å². The van der Waals surface area contributed by atoms with Crippen molar-refractivity contribution in [3.8, 4) is 6.07 Å². The molecule has 0 spiro atoms. The number of hydrogen-bond donors (Lipinski definition) is 1. The topological polar surface area (TPSA) is 54.3 Å². The van der Waals surface area contributed by atoms with Crippen LogP contribution < -0.4 is 5.32 Å². The normalized spacial score (nSPS) is 19.4. The van der Waals surface area contributed by atoms with Gasteiger partial charge in [-0.15, -0.1) is 0 Å². The van der Waals surface area contributed by atoms with Crippen LogP contribution in [0.15, 0.2) is 18.2 Å². The first-order valence-electron chi connectivity index (χ1n) is 5.88. The largest absolute Gasteiger partial charge is 0.376 e. The molecule has 1 saturated heterocycles. The summed E-state index contributed by atoms with van der Waals surface area (Å²) in [5, 5.41) is 12.6. The van der Waals surface area contributed by atoms with E-state index in [0.29, 0.717) is 37.0 Å². The number of hydrogen-bond acceptors (Lipinski definition) is 4. The lowest BCUT2D eigenvalue weighted by atomic mass is 10.1. The van der Waals surface area contributed by atoms with Gasteiger partial charge in [-0.3, -0.25) is 0 Å². The molecule has 0 amide bonds. The summed E-state index contributed by atoms with van der Waals surface area (Å²) in [6, 6.07) is 7.37. The van der Waals surface area contributed by atoms with Gasteiger partial charge < -0.3 is 14.8 Å². The Morgan fingerprint density at radius 3 is 3.00 bits per heavy atom. The van der Waals surface area contributed by atoms with E-state index >= 15 is 0 Å². The van der Waals surface area contributed by atoms with Gasteiger partial charge in [-0.25, -0.2) is 0 Å². The maximum Gasteiger partial charge on any atom is 0.0992 e. The molecule has 5 heteroatoms. The molecule has 0 aliphatic carbocycles. The Kier molecular flexibility index (Phi) is 4.97. The number of nitrogens with one attached hydrogen (secondary N) is 1. The molecule has 1 atom stereocenters. The zero-order valence-corrected chi connectivity index (χ0v) is 10.7. The van der Waals surface area contributed by atoms with E-state index in [2.05, 4.69) is 11.4 Å². The van der Waals surface area contributed by atoms with Gasteiger partial charge in [0.25, 0.3) is 0 Å². The van der Waals surface area contributed by atoms with Crippen molar-refractivity contribution in [2.24, 2.45) is 0 Å². The number of halogens is 1. The summed E-state index contributed by atoms with van der Waals surface area (Å²) in [4.78, 5) is 0. The fraction of sp³-hybridized carbons (Fsp3) is 0.462. The molecular formula is C13H15ClN2O2. The fourth-order valence-corrected chi connectivity index (χ4v) is 2.03. The van der Waals surface area contributed by atoms with Crippen molar-refractivity contribution >= 4 is 11.6 Å². The zero-order valence-electron chi connectivity index (χ0n) is 9.99. The number of nitrogens with zero attached hydrogens (tertiary/aromatic N) is 1. The van der Waals surface area contributed by atoms with Crippen LogP contribution in [0.3, 0.4) is 0 Å². The summed E-state index contributed by atoms with van der Waals surface area (Å²) in [5.41, 5.74) is 1.56. The number of benzene rings is 1. The molecule has 0 saturated carbocycles. The van der Waals surface area contributed by atoms with E-state index in [-0.39, 0.29) is 6.10 Å².